The fourth-order valence-electron chi connectivity index (χ4n) is 3.04. The van der Waals surface area contributed by atoms with Gasteiger partial charge in [0, 0.05) is 6.42 Å². The minimum absolute atomic E-state index is 0.140. The molecule has 0 spiro atoms. The number of hydrogen-bond acceptors (Lipinski definition) is 4. The maximum atomic E-state index is 10.9. The van der Waals surface area contributed by atoms with Gasteiger partial charge >= 0.3 is 11.9 Å². The molecule has 0 aromatic heterocycles. The Labute approximate surface area is 187 Å². The molecule has 6 nitrogen and oxygen atoms in total. The predicted octanol–water partition coefficient (Wildman–Crippen LogP) is 5.61. The van der Waals surface area contributed by atoms with Crippen molar-refractivity contribution in [2.75, 3.05) is 39.3 Å². The van der Waals surface area contributed by atoms with Gasteiger partial charge in [-0.15, -0.1) is 0 Å². The molecule has 0 aliphatic rings. The zero-order chi connectivity index (χ0) is 23.8. The molecule has 2 N–H and O–H groups in total. The molecule has 0 saturated carbocycles. The van der Waals surface area contributed by atoms with Gasteiger partial charge in [0.15, 0.2) is 0 Å². The highest BCUT2D eigenvalue weighted by molar-refractivity contribution is 5.69. The third kappa shape index (κ3) is 24.9. The Hall–Kier alpha value is -1.14. The van der Waals surface area contributed by atoms with E-state index in [1.54, 1.807) is 0 Å². The molecule has 1 unspecified atom stereocenters. The number of carboxylic acid groups (broad SMARTS) is 2. The van der Waals surface area contributed by atoms with Gasteiger partial charge in [0.2, 0.25) is 0 Å². The van der Waals surface area contributed by atoms with Gasteiger partial charge in [-0.3, -0.25) is 9.59 Å². The summed E-state index contributed by atoms with van der Waals surface area (Å²) in [5, 5.41) is 17.4. The zero-order valence-electron chi connectivity index (χ0n) is 21.1. The molecule has 1 atom stereocenters. The maximum Gasteiger partial charge on any atom is 0.306 e. The van der Waals surface area contributed by atoms with E-state index in [-0.39, 0.29) is 12.3 Å². The van der Waals surface area contributed by atoms with Gasteiger partial charge in [0.05, 0.1) is 5.92 Å². The van der Waals surface area contributed by atoms with Gasteiger partial charge < -0.3 is 20.0 Å². The highest BCUT2D eigenvalue weighted by atomic mass is 16.4. The number of carbonyl (C=O) groups is 2. The molecular formula is C24H52N2O4. The van der Waals surface area contributed by atoms with Crippen LogP contribution in [0.4, 0.5) is 0 Å². The number of aliphatic carboxylic acids is 2. The lowest BCUT2D eigenvalue weighted by Gasteiger charge is -2.13. The molecule has 0 rings (SSSR count). The lowest BCUT2D eigenvalue weighted by Crippen LogP contribution is -2.21. The summed E-state index contributed by atoms with van der Waals surface area (Å²) < 4.78 is 0. The smallest absolute Gasteiger partial charge is 0.306 e. The van der Waals surface area contributed by atoms with E-state index in [9.17, 15) is 9.59 Å². The molecule has 0 aliphatic carbocycles. The molecule has 0 aromatic carbocycles. The van der Waals surface area contributed by atoms with E-state index in [2.05, 4.69) is 58.3 Å². The molecule has 0 amide bonds. The summed E-state index contributed by atoms with van der Waals surface area (Å²) in [6.45, 7) is 22.3. The Morgan fingerprint density at radius 3 is 1.23 bits per heavy atom. The van der Waals surface area contributed by atoms with Gasteiger partial charge in [0.1, 0.15) is 0 Å². The number of carboxylic acids is 2. The molecule has 0 saturated heterocycles. The minimum atomic E-state index is -0.808. The van der Waals surface area contributed by atoms with Crippen LogP contribution in [0.25, 0.3) is 0 Å². The maximum absolute atomic E-state index is 10.9. The van der Waals surface area contributed by atoms with Crippen molar-refractivity contribution >= 4 is 11.9 Å². The SMILES string of the molecule is CCCCCC(CCCCC(=O)O)C(=O)O.CCN(CC)CC.CCN(CC)CC. The average Bonchev–Trinajstić information content (AvgIpc) is 2.73. The van der Waals surface area contributed by atoms with E-state index in [0.717, 1.165) is 25.7 Å². The van der Waals surface area contributed by atoms with Crippen LogP contribution in [-0.2, 0) is 9.59 Å². The second kappa shape index (κ2) is 25.9. The van der Waals surface area contributed by atoms with Crippen LogP contribution in [0.1, 0.15) is 99.8 Å². The third-order valence-electron chi connectivity index (χ3n) is 5.38. The van der Waals surface area contributed by atoms with Crippen LogP contribution in [0.3, 0.4) is 0 Å². The first-order chi connectivity index (χ1) is 14.3. The normalized spacial score (nSPS) is 11.4. The summed E-state index contributed by atoms with van der Waals surface area (Å²) in [6.07, 6.45) is 5.84. The van der Waals surface area contributed by atoms with Crippen LogP contribution in [0.15, 0.2) is 0 Å². The van der Waals surface area contributed by atoms with E-state index < -0.39 is 11.9 Å². The molecular weight excluding hydrogens is 380 g/mol. The van der Waals surface area contributed by atoms with Crippen molar-refractivity contribution in [3.05, 3.63) is 0 Å². The molecule has 182 valence electrons. The number of hydrogen-bond donors (Lipinski definition) is 2. The highest BCUT2D eigenvalue weighted by Crippen LogP contribution is 2.17. The molecule has 30 heavy (non-hydrogen) atoms. The van der Waals surface area contributed by atoms with E-state index in [1.807, 2.05) is 0 Å². The van der Waals surface area contributed by atoms with Crippen molar-refractivity contribution in [1.82, 2.24) is 9.80 Å². The first kappa shape index (κ1) is 33.5. The summed E-state index contributed by atoms with van der Waals surface area (Å²) in [7, 11) is 0. The second-order valence-electron chi connectivity index (χ2n) is 7.41. The van der Waals surface area contributed by atoms with Crippen molar-refractivity contribution < 1.29 is 19.8 Å². The topological polar surface area (TPSA) is 81.1 Å². The molecule has 0 heterocycles. The van der Waals surface area contributed by atoms with Crippen LogP contribution >= 0.6 is 0 Å². The molecule has 0 radical (unpaired) electrons. The Kier molecular flexibility index (Phi) is 28.9. The molecule has 0 fully saturated rings. The number of unbranched alkanes of at least 4 members (excludes halogenated alkanes) is 3. The fraction of sp³-hybridized carbons (Fsp3) is 0.917. The van der Waals surface area contributed by atoms with Crippen LogP contribution < -0.4 is 0 Å². The van der Waals surface area contributed by atoms with Crippen molar-refractivity contribution in [1.29, 1.82) is 0 Å². The van der Waals surface area contributed by atoms with Crippen molar-refractivity contribution in [2.24, 2.45) is 5.92 Å². The quantitative estimate of drug-likeness (QED) is 0.309. The first-order valence-corrected chi connectivity index (χ1v) is 12.2. The lowest BCUT2D eigenvalue weighted by molar-refractivity contribution is -0.142. The Balaban J connectivity index is -0.000000430. The van der Waals surface area contributed by atoms with Crippen molar-refractivity contribution in [3.8, 4) is 0 Å². The van der Waals surface area contributed by atoms with E-state index in [1.165, 1.54) is 39.3 Å². The van der Waals surface area contributed by atoms with Crippen LogP contribution in [-0.4, -0.2) is 71.2 Å². The largest absolute Gasteiger partial charge is 0.481 e. The average molecular weight is 433 g/mol. The number of nitrogens with zero attached hydrogens (tertiary/aromatic N) is 2. The second-order valence-corrected chi connectivity index (χ2v) is 7.41. The predicted molar refractivity (Wildman–Crippen MR) is 128 cm³/mol. The summed E-state index contributed by atoms with van der Waals surface area (Å²) in [5.74, 6) is -1.84. The van der Waals surface area contributed by atoms with Gasteiger partial charge in [-0.2, -0.15) is 0 Å². The Bertz CT molecular complexity index is 347. The Morgan fingerprint density at radius 1 is 0.633 bits per heavy atom. The van der Waals surface area contributed by atoms with Gasteiger partial charge in [-0.05, 0) is 58.5 Å². The van der Waals surface area contributed by atoms with E-state index in [0.29, 0.717) is 19.3 Å². The van der Waals surface area contributed by atoms with E-state index in [4.69, 9.17) is 10.2 Å². The molecule has 0 bridgehead atoms. The summed E-state index contributed by atoms with van der Waals surface area (Å²) >= 11 is 0. The van der Waals surface area contributed by atoms with Gasteiger partial charge in [-0.1, -0.05) is 74.1 Å². The standard InChI is InChI=1S/C12H22O4.2C6H15N/c1-2-3-4-7-10(12(15)16)8-5-6-9-11(13)14;2*1-4-7(5-2)6-3/h10H,2-9H2,1H3,(H,13,14)(H,15,16);2*4-6H2,1-3H3. The van der Waals surface area contributed by atoms with E-state index >= 15 is 0 Å². The monoisotopic (exact) mass is 432 g/mol. The fourth-order valence-corrected chi connectivity index (χ4v) is 3.04. The molecule has 0 aromatic rings. The Morgan fingerprint density at radius 2 is 1.00 bits per heavy atom. The minimum Gasteiger partial charge on any atom is -0.481 e. The van der Waals surface area contributed by atoms with Gasteiger partial charge in [-0.25, -0.2) is 0 Å². The summed E-state index contributed by atoms with van der Waals surface area (Å²) in [4.78, 5) is 25.9. The van der Waals surface area contributed by atoms with Crippen LogP contribution in [0.5, 0.6) is 0 Å². The summed E-state index contributed by atoms with van der Waals surface area (Å²) in [6, 6.07) is 0. The van der Waals surface area contributed by atoms with Crippen molar-refractivity contribution in [3.63, 3.8) is 0 Å². The first-order valence-electron chi connectivity index (χ1n) is 12.2. The van der Waals surface area contributed by atoms with Crippen molar-refractivity contribution in [2.45, 2.75) is 99.8 Å². The third-order valence-corrected chi connectivity index (χ3v) is 5.38. The highest BCUT2D eigenvalue weighted by Gasteiger charge is 2.16. The van der Waals surface area contributed by atoms with Crippen LogP contribution in [0, 0.1) is 5.92 Å². The number of rotatable bonds is 16. The lowest BCUT2D eigenvalue weighted by atomic mass is 9.95. The molecule has 0 aliphatic heterocycles. The summed E-state index contributed by atoms with van der Waals surface area (Å²) in [5.41, 5.74) is 0. The van der Waals surface area contributed by atoms with Crippen LogP contribution in [0.2, 0.25) is 0 Å². The molecule has 6 heteroatoms. The zero-order valence-corrected chi connectivity index (χ0v) is 21.1. The van der Waals surface area contributed by atoms with Gasteiger partial charge in [0.25, 0.3) is 0 Å².